The first-order chi connectivity index (χ1) is 8.08. The van der Waals surface area contributed by atoms with Gasteiger partial charge in [0.2, 0.25) is 0 Å². The number of halogens is 1. The molecule has 0 amide bonds. The van der Waals surface area contributed by atoms with E-state index in [0.29, 0.717) is 12.0 Å². The van der Waals surface area contributed by atoms with Crippen LogP contribution in [0.25, 0.3) is 0 Å². The van der Waals surface area contributed by atoms with Crippen molar-refractivity contribution in [1.82, 2.24) is 5.32 Å². The van der Waals surface area contributed by atoms with Gasteiger partial charge >= 0.3 is 0 Å². The largest absolute Gasteiger partial charge is 0.307 e. The van der Waals surface area contributed by atoms with Crippen LogP contribution in [0.1, 0.15) is 45.2 Å². The number of benzene rings is 1. The lowest BCUT2D eigenvalue weighted by atomic mass is 9.96. The van der Waals surface area contributed by atoms with E-state index in [1.54, 1.807) is 12.1 Å². The lowest BCUT2D eigenvalue weighted by Crippen LogP contribution is -2.34. The summed E-state index contributed by atoms with van der Waals surface area (Å²) >= 11 is 0. The molecule has 0 saturated heterocycles. The second-order valence-electron chi connectivity index (χ2n) is 5.46. The molecule has 94 valence electrons. The highest BCUT2D eigenvalue weighted by Gasteiger charge is 2.30. The maximum absolute atomic E-state index is 13.2. The van der Waals surface area contributed by atoms with Crippen LogP contribution in [0.3, 0.4) is 0 Å². The van der Waals surface area contributed by atoms with Gasteiger partial charge in [-0.15, -0.1) is 0 Å². The van der Waals surface area contributed by atoms with Gasteiger partial charge in [-0.05, 0) is 49.3 Å². The van der Waals surface area contributed by atoms with Gasteiger partial charge in [0.15, 0.2) is 0 Å². The first kappa shape index (κ1) is 12.6. The van der Waals surface area contributed by atoms with Gasteiger partial charge in [-0.3, -0.25) is 0 Å². The molecule has 0 aromatic heterocycles. The molecule has 2 rings (SSSR count). The van der Waals surface area contributed by atoms with Crippen LogP contribution in [-0.2, 0) is 0 Å². The minimum atomic E-state index is -0.149. The molecule has 0 aliphatic heterocycles. The van der Waals surface area contributed by atoms with Gasteiger partial charge in [0.25, 0.3) is 0 Å². The normalized spacial score (nSPS) is 30.5. The topological polar surface area (TPSA) is 12.0 Å². The monoisotopic (exact) mass is 235 g/mol. The van der Waals surface area contributed by atoms with Gasteiger partial charge in [0.05, 0.1) is 0 Å². The minimum absolute atomic E-state index is 0.149. The van der Waals surface area contributed by atoms with Gasteiger partial charge in [0.1, 0.15) is 5.82 Å². The molecular formula is C15H22FN. The fourth-order valence-corrected chi connectivity index (χ4v) is 2.79. The van der Waals surface area contributed by atoms with Crippen LogP contribution in [0.15, 0.2) is 24.3 Å². The highest BCUT2D eigenvalue weighted by atomic mass is 19.1. The van der Waals surface area contributed by atoms with Gasteiger partial charge in [-0.2, -0.15) is 0 Å². The number of rotatable bonds is 3. The van der Waals surface area contributed by atoms with Crippen molar-refractivity contribution in [2.75, 3.05) is 0 Å². The van der Waals surface area contributed by atoms with E-state index in [9.17, 15) is 4.39 Å². The molecule has 2 heteroatoms. The molecule has 0 spiro atoms. The molecule has 1 aliphatic rings. The van der Waals surface area contributed by atoms with Gasteiger partial charge in [-0.25, -0.2) is 4.39 Å². The highest BCUT2D eigenvalue weighted by Crippen LogP contribution is 2.32. The summed E-state index contributed by atoms with van der Waals surface area (Å²) in [5.41, 5.74) is 1.04. The minimum Gasteiger partial charge on any atom is -0.307 e. The standard InChI is InChI=1S/C15H22FN/c1-10-7-8-15(11(10)2)17-12(3)13-5-4-6-14(16)9-13/h4-6,9-12,15,17H,7-8H2,1-3H3. The first-order valence-corrected chi connectivity index (χ1v) is 6.59. The van der Waals surface area contributed by atoms with Crippen LogP contribution in [-0.4, -0.2) is 6.04 Å². The molecule has 4 atom stereocenters. The maximum atomic E-state index is 13.2. The van der Waals surface area contributed by atoms with Crippen LogP contribution in [0, 0.1) is 17.7 Å². The molecule has 1 saturated carbocycles. The fourth-order valence-electron chi connectivity index (χ4n) is 2.79. The Labute approximate surface area is 103 Å². The summed E-state index contributed by atoms with van der Waals surface area (Å²) in [4.78, 5) is 0. The smallest absolute Gasteiger partial charge is 0.123 e. The third kappa shape index (κ3) is 2.86. The highest BCUT2D eigenvalue weighted by molar-refractivity contribution is 5.19. The predicted molar refractivity (Wildman–Crippen MR) is 69.3 cm³/mol. The van der Waals surface area contributed by atoms with Crippen molar-refractivity contribution < 1.29 is 4.39 Å². The molecule has 1 aromatic carbocycles. The Bertz CT molecular complexity index is 377. The molecular weight excluding hydrogens is 213 g/mol. The van der Waals surface area contributed by atoms with Gasteiger partial charge < -0.3 is 5.32 Å². The van der Waals surface area contributed by atoms with Crippen LogP contribution in [0.4, 0.5) is 4.39 Å². The lowest BCUT2D eigenvalue weighted by molar-refractivity contribution is 0.347. The van der Waals surface area contributed by atoms with E-state index in [1.807, 2.05) is 6.07 Å². The first-order valence-electron chi connectivity index (χ1n) is 6.59. The summed E-state index contributed by atoms with van der Waals surface area (Å²) in [5, 5.41) is 3.64. The summed E-state index contributed by atoms with van der Waals surface area (Å²) in [5.74, 6) is 1.36. The van der Waals surface area contributed by atoms with Crippen molar-refractivity contribution in [3.63, 3.8) is 0 Å². The van der Waals surface area contributed by atoms with Crippen molar-refractivity contribution in [3.8, 4) is 0 Å². The molecule has 1 fully saturated rings. The average molecular weight is 235 g/mol. The molecule has 1 aromatic rings. The molecule has 0 heterocycles. The number of hydrogen-bond acceptors (Lipinski definition) is 1. The summed E-state index contributed by atoms with van der Waals surface area (Å²) < 4.78 is 13.2. The van der Waals surface area contributed by atoms with Crippen LogP contribution >= 0.6 is 0 Å². The number of nitrogens with one attached hydrogen (secondary N) is 1. The van der Waals surface area contributed by atoms with Crippen LogP contribution in [0.5, 0.6) is 0 Å². The third-order valence-electron chi connectivity index (χ3n) is 4.28. The van der Waals surface area contributed by atoms with Crippen molar-refractivity contribution in [3.05, 3.63) is 35.6 Å². The molecule has 0 radical (unpaired) electrons. The Morgan fingerprint density at radius 3 is 2.65 bits per heavy atom. The number of hydrogen-bond donors (Lipinski definition) is 1. The van der Waals surface area contributed by atoms with Gasteiger partial charge in [0, 0.05) is 12.1 Å². The zero-order valence-electron chi connectivity index (χ0n) is 10.9. The molecule has 4 unspecified atom stereocenters. The summed E-state index contributed by atoms with van der Waals surface area (Å²) in [7, 11) is 0. The Hall–Kier alpha value is -0.890. The molecule has 1 nitrogen and oxygen atoms in total. The fraction of sp³-hybridized carbons (Fsp3) is 0.600. The summed E-state index contributed by atoms with van der Waals surface area (Å²) in [6, 6.07) is 7.69. The molecule has 17 heavy (non-hydrogen) atoms. The van der Waals surface area contributed by atoms with E-state index in [-0.39, 0.29) is 11.9 Å². The van der Waals surface area contributed by atoms with E-state index < -0.39 is 0 Å². The van der Waals surface area contributed by atoms with Crippen LogP contribution in [0.2, 0.25) is 0 Å². The molecule has 0 bridgehead atoms. The second kappa shape index (κ2) is 5.18. The quantitative estimate of drug-likeness (QED) is 0.837. The summed E-state index contributed by atoms with van der Waals surface area (Å²) in [6.07, 6.45) is 2.54. The van der Waals surface area contributed by atoms with E-state index in [1.165, 1.54) is 18.9 Å². The van der Waals surface area contributed by atoms with Crippen molar-refractivity contribution in [2.24, 2.45) is 11.8 Å². The van der Waals surface area contributed by atoms with E-state index in [0.717, 1.165) is 11.5 Å². The zero-order chi connectivity index (χ0) is 12.4. The molecule has 1 aliphatic carbocycles. The Morgan fingerprint density at radius 2 is 2.06 bits per heavy atom. The predicted octanol–water partition coefficient (Wildman–Crippen LogP) is 3.91. The Balaban J connectivity index is 2.00. The van der Waals surface area contributed by atoms with Crippen molar-refractivity contribution in [2.45, 2.75) is 45.7 Å². The van der Waals surface area contributed by atoms with Crippen molar-refractivity contribution in [1.29, 1.82) is 0 Å². The third-order valence-corrected chi connectivity index (χ3v) is 4.28. The van der Waals surface area contributed by atoms with Gasteiger partial charge in [-0.1, -0.05) is 26.0 Å². The Morgan fingerprint density at radius 1 is 1.29 bits per heavy atom. The molecule has 1 N–H and O–H groups in total. The van der Waals surface area contributed by atoms with E-state index >= 15 is 0 Å². The summed E-state index contributed by atoms with van der Waals surface area (Å²) in [6.45, 7) is 6.75. The zero-order valence-corrected chi connectivity index (χ0v) is 10.9. The Kier molecular flexibility index (Phi) is 3.82. The lowest BCUT2D eigenvalue weighted by Gasteiger charge is -2.24. The SMILES string of the molecule is CC(NC1CCC(C)C1C)c1cccc(F)c1. The van der Waals surface area contributed by atoms with E-state index in [2.05, 4.69) is 26.1 Å². The second-order valence-corrected chi connectivity index (χ2v) is 5.46. The average Bonchev–Trinajstić information content (AvgIpc) is 2.61. The van der Waals surface area contributed by atoms with Crippen LogP contribution < -0.4 is 5.32 Å². The maximum Gasteiger partial charge on any atom is 0.123 e. The van der Waals surface area contributed by atoms with Crippen molar-refractivity contribution >= 4 is 0 Å². The van der Waals surface area contributed by atoms with E-state index in [4.69, 9.17) is 0 Å².